The number of aliphatic hydroxyl groups excluding tert-OH is 2. The van der Waals surface area contributed by atoms with E-state index in [0.717, 1.165) is 188 Å². The van der Waals surface area contributed by atoms with E-state index in [0.29, 0.717) is 68.3 Å². The molecule has 10 saturated carbocycles. The Morgan fingerprint density at radius 2 is 0.672 bits per heavy atom. The van der Waals surface area contributed by atoms with Crippen molar-refractivity contribution in [3.05, 3.63) is 81.0 Å². The molecule has 700 valence electrons. The smallest absolute Gasteiger partial charge is 0.335 e. The maximum atomic E-state index is 12.1. The van der Waals surface area contributed by atoms with Crippen molar-refractivity contribution in [2.75, 3.05) is 41.0 Å². The van der Waals surface area contributed by atoms with Crippen LogP contribution in [-0.2, 0) is 66.4 Å². The number of anilines is 5. The fraction of sp³-hybridized carbons (Fsp3) is 0.699. The number of fused-ring (bicyclic) bond motifs is 8. The van der Waals surface area contributed by atoms with Crippen LogP contribution in [0.1, 0.15) is 256 Å². The number of carboxylic acid groups (broad SMARTS) is 2. The molecule has 4 spiro atoms. The first-order valence-corrected chi connectivity index (χ1v) is 48.7. The first-order chi connectivity index (χ1) is 64.2. The molecule has 8 saturated heterocycles. The van der Waals surface area contributed by atoms with Gasteiger partial charge in [-0.2, -0.15) is 0 Å². The molecule has 9 aromatic rings. The first kappa shape index (κ1) is 86.1. The van der Waals surface area contributed by atoms with Gasteiger partial charge >= 0.3 is 11.9 Å². The van der Waals surface area contributed by atoms with Gasteiger partial charge < -0.3 is 98.5 Å². The van der Waals surface area contributed by atoms with E-state index >= 15 is 0 Å². The van der Waals surface area contributed by atoms with Crippen LogP contribution >= 0.6 is 0 Å². The number of aromatic nitrogens is 16. The Balaban J connectivity index is 0.0000000996. The maximum Gasteiger partial charge on any atom is 0.335 e. The Labute approximate surface area is 756 Å². The molecule has 10 aliphatic carbocycles. The van der Waals surface area contributed by atoms with Crippen LogP contribution in [0.15, 0.2) is 81.0 Å². The summed E-state index contributed by atoms with van der Waals surface area (Å²) >= 11 is 0. The number of imidazole rings is 4. The fourth-order valence-corrected chi connectivity index (χ4v) is 25.6. The number of hydrogen-bond acceptors (Lipinski definition) is 32. The number of ether oxygens (including phenoxy) is 12. The summed E-state index contributed by atoms with van der Waals surface area (Å²) in [4.78, 5) is 78.3. The van der Waals surface area contributed by atoms with Crippen LogP contribution in [0.2, 0.25) is 0 Å². The molecule has 131 heavy (non-hydrogen) atoms. The van der Waals surface area contributed by atoms with Crippen molar-refractivity contribution in [3.8, 4) is 0 Å². The normalized spacial score (nSPS) is 34.4. The van der Waals surface area contributed by atoms with Gasteiger partial charge in [0.1, 0.15) is 86.3 Å². The van der Waals surface area contributed by atoms with Crippen LogP contribution in [0.4, 0.5) is 29.0 Å². The summed E-state index contributed by atoms with van der Waals surface area (Å²) in [5, 5.41) is 53.6. The number of nitrogens with zero attached hydrogens (tertiary/aromatic N) is 16. The molecule has 38 nitrogen and oxygen atoms in total. The second kappa shape index (κ2) is 35.7. The molecule has 4 bridgehead atoms. The summed E-state index contributed by atoms with van der Waals surface area (Å²) in [6, 6.07) is 10.6. The van der Waals surface area contributed by atoms with Gasteiger partial charge in [-0.15, -0.1) is 0 Å². The molecule has 8 aliphatic heterocycles. The van der Waals surface area contributed by atoms with Gasteiger partial charge in [-0.3, -0.25) is 18.3 Å². The van der Waals surface area contributed by atoms with Crippen molar-refractivity contribution in [1.82, 2.24) is 78.1 Å². The number of nitrogens with one attached hydrogen (secondary N) is 4. The molecule has 16 heterocycles. The van der Waals surface area contributed by atoms with Crippen LogP contribution in [0.5, 0.6) is 0 Å². The van der Waals surface area contributed by atoms with E-state index in [1.807, 2.05) is 39.5 Å². The van der Waals surface area contributed by atoms with Gasteiger partial charge in [0.15, 0.2) is 128 Å². The Bertz CT molecular complexity index is 5520. The van der Waals surface area contributed by atoms with Gasteiger partial charge in [-0.25, -0.2) is 69.4 Å². The number of hydrogen-bond donors (Lipinski definition) is 8. The number of aliphatic carboxylic acids is 2. The third-order valence-electron chi connectivity index (χ3n) is 31.3. The molecule has 1 aromatic carbocycles. The van der Waals surface area contributed by atoms with E-state index in [2.05, 4.69) is 81.1 Å². The second-order valence-corrected chi connectivity index (χ2v) is 40.0. The van der Waals surface area contributed by atoms with Gasteiger partial charge in [0.2, 0.25) is 0 Å². The molecular weight excluding hydrogens is 1690 g/mol. The monoisotopic (exact) mass is 1800 g/mol. The number of carbonyl (C=O) groups is 2. The van der Waals surface area contributed by atoms with E-state index in [1.54, 1.807) is 47.1 Å². The molecule has 16 atom stereocenters. The lowest BCUT2D eigenvalue weighted by Crippen LogP contribution is -2.49. The average molecular weight is 1810 g/mol. The Morgan fingerprint density at radius 1 is 0.359 bits per heavy atom. The standard InChI is InChI=1S/C27H35N5O5.C22H29N5O5.C22H31N5O4.C22H25N5O4/c33-25(34)21-19-20(37-27(36-19)4-2-1-3-5-27)24(35-21)32-14-31-18-22(29-13-30-23(18)32)28-12-26-9-15-6-16(10-26)8-17(7-15)11-26;28-21(29)17-15-16(32-22(31-15)9-5-2-6-10-22)20(30-17)27-12-25-14-18(23-11-24-19(14)27)26-13-7-3-1-4-8-13;2*28-11-15-17-18(31-22(30-17)9-5-2-6-10-22)21(29-15)27-13-25-16-19(23-12-24-20(16)27)26-14-7-3-1-4-8-14/h13-17,19-21,24H,1-12H2,(H,33,34)(H,28,29,30);11-13,15-17,20H,1-10H2,(H,28,29)(H,23,24,26);12-15,17-18,21,28H,1-11H2,(H,23,24,26);1,3-4,7-8,12-13,15,17-18,21,28H,2,5-6,9-11H2,(H,23,24,26)/t15?,16?,17?,19?,20-,21-,24+,26?;15?,16-,17-,20+;2*15-,17?,18+,21-/m0011/s1. The molecule has 18 fully saturated rings. The van der Waals surface area contributed by atoms with Crippen LogP contribution in [0, 0.1) is 23.2 Å². The van der Waals surface area contributed by atoms with Gasteiger partial charge in [0, 0.05) is 75.7 Å². The van der Waals surface area contributed by atoms with Crippen molar-refractivity contribution < 1.29 is 86.9 Å². The highest BCUT2D eigenvalue weighted by Gasteiger charge is 2.65. The van der Waals surface area contributed by atoms with Gasteiger partial charge in [-0.1, -0.05) is 82.4 Å². The molecule has 4 unspecified atom stereocenters. The zero-order valence-corrected chi connectivity index (χ0v) is 73.9. The summed E-state index contributed by atoms with van der Waals surface area (Å²) in [6.07, 6.45) is 44.2. The molecule has 8 aromatic heterocycles. The summed E-state index contributed by atoms with van der Waals surface area (Å²) < 4.78 is 82.9. The van der Waals surface area contributed by atoms with Gasteiger partial charge in [-0.05, 0) is 151 Å². The van der Waals surface area contributed by atoms with Crippen molar-refractivity contribution in [3.63, 3.8) is 0 Å². The number of aliphatic hydroxyl groups is 2. The van der Waals surface area contributed by atoms with E-state index in [-0.39, 0.29) is 37.6 Å². The highest BCUT2D eigenvalue weighted by atomic mass is 16.8. The molecule has 0 amide bonds. The SMILES string of the molecule is O=C(O)[C@H]1O[C@@H](n2cnc3c(NC4CCCCC4)ncnc32)[C@H]2OC3(CCCCC3)OC12.O=C(O)[C@H]1O[C@@H](n2cnc3c(NCC45CC6CC(CC(C6)C4)C5)ncnc32)[C@H]2OC3(CCCCC3)OC12.OC[C@H]1O[C@@H](n2cnc3c(NC4CCCCC4)ncnc32)[C@H]2OC3(CCCCC3)OC12.OC[C@H]1O[C@@H](n2cnc3c(Nc4ccccc4)ncnc32)[C@H]2OC3(CCCCC3)OC12. The minimum absolute atomic E-state index is 0.104. The van der Waals surface area contributed by atoms with Crippen LogP contribution in [-0.4, -0.2) is 239 Å². The van der Waals surface area contributed by atoms with Crippen LogP contribution in [0.25, 0.3) is 44.7 Å². The maximum absolute atomic E-state index is 12.1. The third-order valence-corrected chi connectivity index (χ3v) is 31.3. The predicted molar refractivity (Wildman–Crippen MR) is 468 cm³/mol. The van der Waals surface area contributed by atoms with Crippen LogP contribution < -0.4 is 21.3 Å². The quantitative estimate of drug-likeness (QED) is 0.0420. The molecule has 8 N–H and O–H groups in total. The Hall–Kier alpha value is -9.00. The lowest BCUT2D eigenvalue weighted by molar-refractivity contribution is -0.233. The molecule has 18 aliphatic rings. The zero-order chi connectivity index (χ0) is 88.2. The lowest BCUT2D eigenvalue weighted by atomic mass is 9.49. The van der Waals surface area contributed by atoms with E-state index < -0.39 is 109 Å². The van der Waals surface area contributed by atoms with Gasteiger partial charge in [0.05, 0.1) is 38.5 Å². The molecule has 27 rings (SSSR count). The first-order valence-electron chi connectivity index (χ1n) is 48.7. The summed E-state index contributed by atoms with van der Waals surface area (Å²) in [5.41, 5.74) is 6.58. The van der Waals surface area contributed by atoms with E-state index in [1.165, 1.54) is 103 Å². The minimum Gasteiger partial charge on any atom is -0.479 e. The fourth-order valence-electron chi connectivity index (χ4n) is 25.6. The topological polar surface area (TPSA) is 448 Å². The number of carboxylic acids is 2. The second-order valence-electron chi connectivity index (χ2n) is 40.0. The molecule has 0 radical (unpaired) electrons. The largest absolute Gasteiger partial charge is 0.479 e. The van der Waals surface area contributed by atoms with Gasteiger partial charge in [0.25, 0.3) is 0 Å². The highest BCUT2D eigenvalue weighted by molar-refractivity contribution is 5.86. The summed E-state index contributed by atoms with van der Waals surface area (Å²) in [6.45, 7) is 0.688. The molecule has 38 heteroatoms. The van der Waals surface area contributed by atoms with Crippen molar-refractivity contribution in [2.24, 2.45) is 23.2 Å². The minimum atomic E-state index is -1.09. The predicted octanol–water partition coefficient (Wildman–Crippen LogP) is 12.7. The third kappa shape index (κ3) is 16.3. The molecular formula is C93H120N20O18. The van der Waals surface area contributed by atoms with Crippen molar-refractivity contribution in [2.45, 2.75) is 365 Å². The van der Waals surface area contributed by atoms with E-state index in [4.69, 9.17) is 56.8 Å². The summed E-state index contributed by atoms with van der Waals surface area (Å²) in [5.74, 6) is 0.928. The van der Waals surface area contributed by atoms with Crippen molar-refractivity contribution in [1.29, 1.82) is 0 Å². The number of benzene rings is 1. The number of rotatable bonds is 17. The summed E-state index contributed by atoms with van der Waals surface area (Å²) in [7, 11) is 0. The van der Waals surface area contributed by atoms with E-state index in [9.17, 15) is 30.0 Å². The average Bonchev–Trinajstić information content (AvgIpc) is 1.55. The zero-order valence-electron chi connectivity index (χ0n) is 73.9. The Kier molecular flexibility index (Phi) is 23.5. The Morgan fingerprint density at radius 3 is 1.04 bits per heavy atom. The van der Waals surface area contributed by atoms with Crippen molar-refractivity contribution >= 4 is 85.6 Å². The number of para-hydroxylation sites is 1. The van der Waals surface area contributed by atoms with Crippen LogP contribution in [0.3, 0.4) is 0 Å². The lowest BCUT2D eigenvalue weighted by Gasteiger charge is -2.57. The highest BCUT2D eigenvalue weighted by Crippen LogP contribution is 2.61.